The van der Waals surface area contributed by atoms with Crippen LogP contribution in [-0.4, -0.2) is 54.2 Å². The zero-order chi connectivity index (χ0) is 16.7. The smallest absolute Gasteiger partial charge is 0.316 e. The highest BCUT2D eigenvalue weighted by Crippen LogP contribution is 2.32. The van der Waals surface area contributed by atoms with Crippen molar-refractivity contribution in [3.05, 3.63) is 0 Å². The second-order valence-corrected chi connectivity index (χ2v) is 7.22. The second-order valence-electron chi connectivity index (χ2n) is 5.02. The maximum absolute atomic E-state index is 12.5. The van der Waals surface area contributed by atoms with Crippen LogP contribution in [0.3, 0.4) is 0 Å². The molecule has 1 fully saturated rings. The predicted molar refractivity (Wildman–Crippen MR) is 87.4 cm³/mol. The van der Waals surface area contributed by atoms with Gasteiger partial charge >= 0.3 is 5.97 Å². The van der Waals surface area contributed by atoms with Crippen LogP contribution in [0.25, 0.3) is 0 Å². The second kappa shape index (κ2) is 8.57. The molecule has 0 unspecified atom stereocenters. The number of thioether (sulfide) groups is 1. The SMILES string of the molecule is CCOC(=O)CSc1nnc(NC(=O)C2(CN)CCOCC2)s1. The molecule has 1 amide bonds. The van der Waals surface area contributed by atoms with Crippen molar-refractivity contribution in [3.63, 3.8) is 0 Å². The number of amides is 1. The average molecular weight is 360 g/mol. The van der Waals surface area contributed by atoms with Crippen molar-refractivity contribution in [2.75, 3.05) is 37.4 Å². The van der Waals surface area contributed by atoms with Gasteiger partial charge in [0.25, 0.3) is 0 Å². The molecule has 128 valence electrons. The van der Waals surface area contributed by atoms with Gasteiger partial charge in [-0.05, 0) is 19.8 Å². The van der Waals surface area contributed by atoms with E-state index in [0.29, 0.717) is 42.1 Å². The summed E-state index contributed by atoms with van der Waals surface area (Å²) in [4.78, 5) is 23.8. The molecule has 2 rings (SSSR count). The summed E-state index contributed by atoms with van der Waals surface area (Å²) in [6, 6.07) is 0. The molecule has 3 N–H and O–H groups in total. The van der Waals surface area contributed by atoms with Gasteiger partial charge < -0.3 is 15.2 Å². The number of carbonyl (C=O) groups excluding carboxylic acids is 2. The Morgan fingerprint density at radius 2 is 2.17 bits per heavy atom. The number of esters is 1. The maximum Gasteiger partial charge on any atom is 0.316 e. The van der Waals surface area contributed by atoms with E-state index in [2.05, 4.69) is 15.5 Å². The molecule has 1 aromatic heterocycles. The van der Waals surface area contributed by atoms with Crippen molar-refractivity contribution in [1.29, 1.82) is 0 Å². The van der Waals surface area contributed by atoms with Crippen LogP contribution in [0.5, 0.6) is 0 Å². The number of hydrogen-bond acceptors (Lipinski definition) is 9. The number of nitrogens with zero attached hydrogens (tertiary/aromatic N) is 2. The van der Waals surface area contributed by atoms with Crippen LogP contribution in [0, 0.1) is 5.41 Å². The molecular weight excluding hydrogens is 340 g/mol. The summed E-state index contributed by atoms with van der Waals surface area (Å²) in [6.07, 6.45) is 1.19. The third-order valence-electron chi connectivity index (χ3n) is 3.57. The predicted octanol–water partition coefficient (Wildman–Crippen LogP) is 0.887. The summed E-state index contributed by atoms with van der Waals surface area (Å²) in [6.45, 7) is 3.43. The Labute approximate surface area is 142 Å². The molecule has 1 aliphatic heterocycles. The van der Waals surface area contributed by atoms with Crippen molar-refractivity contribution >= 4 is 40.1 Å². The summed E-state index contributed by atoms with van der Waals surface area (Å²) < 4.78 is 10.7. The van der Waals surface area contributed by atoms with E-state index in [1.165, 1.54) is 23.1 Å². The molecule has 1 aromatic rings. The van der Waals surface area contributed by atoms with Gasteiger partial charge in [0, 0.05) is 19.8 Å². The van der Waals surface area contributed by atoms with E-state index < -0.39 is 5.41 Å². The van der Waals surface area contributed by atoms with E-state index >= 15 is 0 Å². The number of rotatable bonds is 7. The summed E-state index contributed by atoms with van der Waals surface area (Å²) >= 11 is 2.45. The lowest BCUT2D eigenvalue weighted by Gasteiger charge is -2.34. The number of ether oxygens (including phenoxy) is 2. The lowest BCUT2D eigenvalue weighted by atomic mass is 9.79. The van der Waals surface area contributed by atoms with Gasteiger partial charge in [0.1, 0.15) is 0 Å². The molecule has 10 heteroatoms. The largest absolute Gasteiger partial charge is 0.465 e. The first-order valence-electron chi connectivity index (χ1n) is 7.31. The van der Waals surface area contributed by atoms with Gasteiger partial charge in [0.15, 0.2) is 4.34 Å². The molecule has 0 aromatic carbocycles. The Balaban J connectivity index is 1.90. The fourth-order valence-corrected chi connectivity index (χ4v) is 3.70. The minimum Gasteiger partial charge on any atom is -0.465 e. The highest BCUT2D eigenvalue weighted by atomic mass is 32.2. The number of anilines is 1. The topological polar surface area (TPSA) is 116 Å². The van der Waals surface area contributed by atoms with Crippen LogP contribution >= 0.6 is 23.1 Å². The highest BCUT2D eigenvalue weighted by Gasteiger charge is 2.39. The van der Waals surface area contributed by atoms with Gasteiger partial charge in [-0.3, -0.25) is 14.9 Å². The van der Waals surface area contributed by atoms with Gasteiger partial charge in [-0.2, -0.15) is 0 Å². The van der Waals surface area contributed by atoms with Gasteiger partial charge in [-0.25, -0.2) is 0 Å². The van der Waals surface area contributed by atoms with Crippen molar-refractivity contribution in [2.24, 2.45) is 11.1 Å². The average Bonchev–Trinajstić information content (AvgIpc) is 3.01. The van der Waals surface area contributed by atoms with E-state index in [4.69, 9.17) is 15.2 Å². The molecule has 0 saturated carbocycles. The number of nitrogens with one attached hydrogen (secondary N) is 1. The van der Waals surface area contributed by atoms with Crippen LogP contribution in [0.2, 0.25) is 0 Å². The Bertz CT molecular complexity index is 546. The monoisotopic (exact) mass is 360 g/mol. The van der Waals surface area contributed by atoms with Crippen LogP contribution in [0.4, 0.5) is 5.13 Å². The normalized spacial score (nSPS) is 16.8. The van der Waals surface area contributed by atoms with E-state index in [1.54, 1.807) is 6.92 Å². The Morgan fingerprint density at radius 3 is 2.83 bits per heavy atom. The van der Waals surface area contributed by atoms with Gasteiger partial charge in [-0.15, -0.1) is 10.2 Å². The summed E-state index contributed by atoms with van der Waals surface area (Å²) in [5, 5.41) is 11.1. The number of carbonyl (C=O) groups is 2. The van der Waals surface area contributed by atoms with Crippen LogP contribution in [-0.2, 0) is 19.1 Å². The third-order valence-corrected chi connectivity index (χ3v) is 5.51. The summed E-state index contributed by atoms with van der Waals surface area (Å²) in [5.41, 5.74) is 5.19. The van der Waals surface area contributed by atoms with Gasteiger partial charge in [0.2, 0.25) is 11.0 Å². The minimum absolute atomic E-state index is 0.151. The first kappa shape index (κ1) is 18.1. The molecular formula is C13H20N4O4S2. The third kappa shape index (κ3) is 4.87. The molecule has 0 spiro atoms. The number of hydrogen-bond donors (Lipinski definition) is 2. The van der Waals surface area contributed by atoms with E-state index in [1.807, 2.05) is 0 Å². The standard InChI is InChI=1S/C13H20N4O4S2/c1-2-21-9(18)7-22-12-17-16-11(23-12)15-10(19)13(8-14)3-5-20-6-4-13/h2-8,14H2,1H3,(H,15,16,19). The molecule has 2 heterocycles. The first-order chi connectivity index (χ1) is 11.1. The van der Waals surface area contributed by atoms with E-state index in [9.17, 15) is 9.59 Å². The maximum atomic E-state index is 12.5. The summed E-state index contributed by atoms with van der Waals surface area (Å²) in [7, 11) is 0. The summed E-state index contributed by atoms with van der Waals surface area (Å²) in [5.74, 6) is -0.287. The minimum atomic E-state index is -0.609. The molecule has 0 aliphatic carbocycles. The Hall–Kier alpha value is -1.23. The molecule has 0 bridgehead atoms. The van der Waals surface area contributed by atoms with Crippen molar-refractivity contribution in [2.45, 2.75) is 24.1 Å². The van der Waals surface area contributed by atoms with Crippen molar-refractivity contribution in [3.8, 4) is 0 Å². The zero-order valence-corrected chi connectivity index (χ0v) is 14.5. The zero-order valence-electron chi connectivity index (χ0n) is 12.9. The fraction of sp³-hybridized carbons (Fsp3) is 0.692. The fourth-order valence-electron chi connectivity index (χ4n) is 2.16. The van der Waals surface area contributed by atoms with E-state index in [-0.39, 0.29) is 24.2 Å². The molecule has 8 nitrogen and oxygen atoms in total. The lowest BCUT2D eigenvalue weighted by Crippen LogP contribution is -2.46. The molecule has 1 saturated heterocycles. The van der Waals surface area contributed by atoms with Crippen LogP contribution in [0.15, 0.2) is 4.34 Å². The first-order valence-corrected chi connectivity index (χ1v) is 9.11. The highest BCUT2D eigenvalue weighted by molar-refractivity contribution is 8.01. The van der Waals surface area contributed by atoms with Gasteiger partial charge in [-0.1, -0.05) is 23.1 Å². The molecule has 23 heavy (non-hydrogen) atoms. The molecule has 1 aliphatic rings. The quantitative estimate of drug-likeness (QED) is 0.418. The molecule has 0 radical (unpaired) electrons. The van der Waals surface area contributed by atoms with Gasteiger partial charge in [0.05, 0.1) is 17.8 Å². The lowest BCUT2D eigenvalue weighted by molar-refractivity contribution is -0.139. The number of nitrogens with two attached hydrogens (primary N) is 1. The van der Waals surface area contributed by atoms with Crippen molar-refractivity contribution in [1.82, 2.24) is 10.2 Å². The number of aromatic nitrogens is 2. The van der Waals surface area contributed by atoms with E-state index in [0.717, 1.165) is 0 Å². The molecule has 0 atom stereocenters. The van der Waals surface area contributed by atoms with Crippen molar-refractivity contribution < 1.29 is 19.1 Å². The van der Waals surface area contributed by atoms with Crippen LogP contribution in [0.1, 0.15) is 19.8 Å². The Morgan fingerprint density at radius 1 is 1.43 bits per heavy atom. The Kier molecular flexibility index (Phi) is 6.75. The van der Waals surface area contributed by atoms with Crippen LogP contribution < -0.4 is 11.1 Å².